The molecule has 7 nitrogen and oxygen atoms in total. The first-order chi connectivity index (χ1) is 10.8. The predicted octanol–water partition coefficient (Wildman–Crippen LogP) is 1.82. The molecule has 0 amide bonds. The number of hydrogen-bond donors (Lipinski definition) is 1. The maximum atomic E-state index is 13.9. The van der Waals surface area contributed by atoms with Gasteiger partial charge in [-0.25, -0.2) is 18.3 Å². The number of benzene rings is 1. The van der Waals surface area contributed by atoms with E-state index in [0.29, 0.717) is 5.69 Å². The molecule has 0 bridgehead atoms. The van der Waals surface area contributed by atoms with Gasteiger partial charge < -0.3 is 0 Å². The monoisotopic (exact) mass is 339 g/mol. The topological polar surface area (TPSA) is 89.3 Å². The van der Waals surface area contributed by atoms with E-state index in [0.717, 1.165) is 10.6 Å². The summed E-state index contributed by atoms with van der Waals surface area (Å²) < 4.78 is 55.2. The Balaban J connectivity index is 2.06. The Morgan fingerprint density at radius 1 is 1.13 bits per heavy atom. The summed E-state index contributed by atoms with van der Waals surface area (Å²) in [5, 5.41) is 3.12. The first-order valence-electron chi connectivity index (χ1n) is 6.45. The van der Waals surface area contributed by atoms with E-state index in [1.54, 1.807) is 13.0 Å². The lowest BCUT2D eigenvalue weighted by atomic mass is 10.2. The zero-order valence-corrected chi connectivity index (χ0v) is 12.9. The molecule has 2 aromatic heterocycles. The van der Waals surface area contributed by atoms with E-state index in [1.165, 1.54) is 19.2 Å². The van der Waals surface area contributed by atoms with Gasteiger partial charge in [0.2, 0.25) is 0 Å². The maximum Gasteiger partial charge on any atom is 0.299 e. The first-order valence-corrected chi connectivity index (χ1v) is 7.94. The average molecular weight is 339 g/mol. The third-order valence-corrected chi connectivity index (χ3v) is 4.21. The molecular weight excluding hydrogens is 328 g/mol. The number of sulfonamides is 1. The number of anilines is 1. The van der Waals surface area contributed by atoms with Crippen molar-refractivity contribution in [1.82, 2.24) is 19.6 Å². The first kappa shape index (κ1) is 15.3. The number of nitrogens with zero attached hydrogens (tertiary/aromatic N) is 4. The minimum atomic E-state index is -4.36. The molecule has 0 saturated heterocycles. The van der Waals surface area contributed by atoms with Gasteiger partial charge >= 0.3 is 0 Å². The standard InChI is InChI=1S/C13H11F2N5O2S/c1-7-3-4-9(14)11(10(7)15)19-23(21,22)13-17-12-16-8(2)5-6-20(12)18-13/h3-6,19H,1-2H3. The van der Waals surface area contributed by atoms with Crippen LogP contribution in [0.3, 0.4) is 0 Å². The average Bonchev–Trinajstić information content (AvgIpc) is 2.91. The van der Waals surface area contributed by atoms with E-state index in [4.69, 9.17) is 0 Å². The Bertz CT molecular complexity index is 1020. The fourth-order valence-electron chi connectivity index (χ4n) is 1.89. The fourth-order valence-corrected chi connectivity index (χ4v) is 2.83. The molecule has 0 spiro atoms. The van der Waals surface area contributed by atoms with Gasteiger partial charge in [0, 0.05) is 11.9 Å². The Kier molecular flexibility index (Phi) is 3.48. The fraction of sp³-hybridized carbons (Fsp3) is 0.154. The van der Waals surface area contributed by atoms with Crippen molar-refractivity contribution in [2.45, 2.75) is 19.0 Å². The number of aryl methyl sites for hydroxylation is 2. The van der Waals surface area contributed by atoms with Crippen molar-refractivity contribution < 1.29 is 17.2 Å². The number of rotatable bonds is 3. The Morgan fingerprint density at radius 3 is 2.61 bits per heavy atom. The highest BCUT2D eigenvalue weighted by atomic mass is 32.2. The van der Waals surface area contributed by atoms with Crippen LogP contribution in [0.15, 0.2) is 29.6 Å². The lowest BCUT2D eigenvalue weighted by molar-refractivity contribution is 0.576. The Labute approximate surface area is 130 Å². The SMILES string of the molecule is Cc1ccn2nc(S(=O)(=O)Nc3c(F)ccc(C)c3F)nc2n1. The van der Waals surface area contributed by atoms with Crippen molar-refractivity contribution >= 4 is 21.5 Å². The van der Waals surface area contributed by atoms with E-state index in [-0.39, 0.29) is 11.3 Å². The highest BCUT2D eigenvalue weighted by Crippen LogP contribution is 2.24. The summed E-state index contributed by atoms with van der Waals surface area (Å²) >= 11 is 0. The molecule has 120 valence electrons. The number of aromatic nitrogens is 4. The smallest absolute Gasteiger partial charge is 0.271 e. The van der Waals surface area contributed by atoms with Crippen LogP contribution < -0.4 is 4.72 Å². The molecule has 0 aliphatic carbocycles. The molecule has 0 fully saturated rings. The van der Waals surface area contributed by atoms with E-state index >= 15 is 0 Å². The van der Waals surface area contributed by atoms with Gasteiger partial charge in [0.1, 0.15) is 11.5 Å². The van der Waals surface area contributed by atoms with Crippen LogP contribution in [-0.2, 0) is 10.0 Å². The number of nitrogens with one attached hydrogen (secondary N) is 1. The van der Waals surface area contributed by atoms with Gasteiger partial charge in [0.25, 0.3) is 21.0 Å². The summed E-state index contributed by atoms with van der Waals surface area (Å²) in [7, 11) is -4.36. The second-order valence-corrected chi connectivity index (χ2v) is 6.44. The molecule has 3 rings (SSSR count). The van der Waals surface area contributed by atoms with Crippen molar-refractivity contribution in [2.24, 2.45) is 0 Å². The second kappa shape index (κ2) is 5.23. The van der Waals surface area contributed by atoms with Gasteiger partial charge in [0.05, 0.1) is 0 Å². The normalized spacial score (nSPS) is 11.8. The van der Waals surface area contributed by atoms with Crippen molar-refractivity contribution in [3.05, 3.63) is 47.3 Å². The molecule has 1 N–H and O–H groups in total. The maximum absolute atomic E-state index is 13.9. The minimum Gasteiger partial charge on any atom is -0.271 e. The van der Waals surface area contributed by atoms with Crippen LogP contribution in [0.25, 0.3) is 5.78 Å². The molecule has 23 heavy (non-hydrogen) atoms. The summed E-state index contributed by atoms with van der Waals surface area (Å²) in [5.74, 6) is -1.96. The summed E-state index contributed by atoms with van der Waals surface area (Å²) in [5.41, 5.74) is -0.0464. The van der Waals surface area contributed by atoms with Crippen molar-refractivity contribution in [2.75, 3.05) is 4.72 Å². The third-order valence-electron chi connectivity index (χ3n) is 3.09. The molecule has 0 unspecified atom stereocenters. The van der Waals surface area contributed by atoms with Crippen LogP contribution in [0.5, 0.6) is 0 Å². The van der Waals surface area contributed by atoms with Crippen molar-refractivity contribution in [3.8, 4) is 0 Å². The zero-order chi connectivity index (χ0) is 16.8. The predicted molar refractivity (Wildman–Crippen MR) is 77.4 cm³/mol. The van der Waals surface area contributed by atoms with Gasteiger partial charge in [-0.05, 0) is 31.5 Å². The highest BCUT2D eigenvalue weighted by Gasteiger charge is 2.25. The summed E-state index contributed by atoms with van der Waals surface area (Å²) in [6.45, 7) is 3.10. The lowest BCUT2D eigenvalue weighted by Crippen LogP contribution is -2.17. The van der Waals surface area contributed by atoms with Crippen LogP contribution in [0.1, 0.15) is 11.3 Å². The molecule has 0 saturated carbocycles. The van der Waals surface area contributed by atoms with Crippen LogP contribution in [-0.4, -0.2) is 28.0 Å². The molecular formula is C13H11F2N5O2S. The van der Waals surface area contributed by atoms with Gasteiger partial charge in [-0.15, -0.1) is 5.10 Å². The number of halogens is 2. The summed E-state index contributed by atoms with van der Waals surface area (Å²) in [4.78, 5) is 7.78. The lowest BCUT2D eigenvalue weighted by Gasteiger charge is -2.08. The van der Waals surface area contributed by atoms with Crippen LogP contribution in [0, 0.1) is 25.5 Å². The van der Waals surface area contributed by atoms with E-state index < -0.39 is 32.5 Å². The van der Waals surface area contributed by atoms with Crippen molar-refractivity contribution in [1.29, 1.82) is 0 Å². The molecule has 0 aliphatic rings. The number of hydrogen-bond acceptors (Lipinski definition) is 5. The van der Waals surface area contributed by atoms with Gasteiger partial charge in [-0.2, -0.15) is 13.4 Å². The molecule has 10 heteroatoms. The van der Waals surface area contributed by atoms with Gasteiger partial charge in [0.15, 0.2) is 5.82 Å². The van der Waals surface area contributed by atoms with Gasteiger partial charge in [-0.1, -0.05) is 6.07 Å². The van der Waals surface area contributed by atoms with Crippen LogP contribution in [0.2, 0.25) is 0 Å². The molecule has 0 radical (unpaired) electrons. The zero-order valence-electron chi connectivity index (χ0n) is 12.1. The summed E-state index contributed by atoms with van der Waals surface area (Å²) in [6, 6.07) is 3.79. The highest BCUT2D eigenvalue weighted by molar-refractivity contribution is 7.92. The van der Waals surface area contributed by atoms with Crippen LogP contribution >= 0.6 is 0 Å². The molecule has 0 atom stereocenters. The minimum absolute atomic E-state index is 0.0653. The molecule has 0 aliphatic heterocycles. The van der Waals surface area contributed by atoms with E-state index in [2.05, 4.69) is 15.1 Å². The number of fused-ring (bicyclic) bond motifs is 1. The van der Waals surface area contributed by atoms with Crippen LogP contribution in [0.4, 0.5) is 14.5 Å². The largest absolute Gasteiger partial charge is 0.299 e. The molecule has 1 aromatic carbocycles. The van der Waals surface area contributed by atoms with Crippen molar-refractivity contribution in [3.63, 3.8) is 0 Å². The Hall–Kier alpha value is -2.62. The third kappa shape index (κ3) is 2.72. The molecule has 2 heterocycles. The van der Waals surface area contributed by atoms with E-state index in [1.807, 2.05) is 4.72 Å². The van der Waals surface area contributed by atoms with E-state index in [9.17, 15) is 17.2 Å². The molecule has 3 aromatic rings. The Morgan fingerprint density at radius 2 is 1.87 bits per heavy atom. The second-order valence-electron chi connectivity index (χ2n) is 4.87. The van der Waals surface area contributed by atoms with Gasteiger partial charge in [-0.3, -0.25) is 4.72 Å². The summed E-state index contributed by atoms with van der Waals surface area (Å²) in [6.07, 6.45) is 1.48. The quantitative estimate of drug-likeness (QED) is 0.786.